The fourth-order valence-electron chi connectivity index (χ4n) is 1.35. The molecular formula is C11H15IN2S. The van der Waals surface area contributed by atoms with E-state index < -0.39 is 0 Å². The van der Waals surface area contributed by atoms with Crippen molar-refractivity contribution in [2.45, 2.75) is 13.5 Å². The van der Waals surface area contributed by atoms with Crippen molar-refractivity contribution in [2.24, 2.45) is 5.73 Å². The monoisotopic (exact) mass is 334 g/mol. The lowest BCUT2D eigenvalue weighted by molar-refractivity contribution is 0.321. The quantitative estimate of drug-likeness (QED) is 0.662. The number of rotatable bonds is 5. The number of nitrogens with zero attached hydrogens (tertiary/aromatic N) is 1. The van der Waals surface area contributed by atoms with E-state index in [1.54, 1.807) is 0 Å². The third-order valence-corrected chi connectivity index (χ3v) is 2.99. The molecule has 4 heteroatoms. The summed E-state index contributed by atoms with van der Waals surface area (Å²) in [5, 5.41) is 0. The van der Waals surface area contributed by atoms with E-state index in [2.05, 4.69) is 58.7 Å². The van der Waals surface area contributed by atoms with Crippen LogP contribution in [0.4, 0.5) is 0 Å². The zero-order valence-corrected chi connectivity index (χ0v) is 11.7. The first-order chi connectivity index (χ1) is 7.11. The van der Waals surface area contributed by atoms with Crippen LogP contribution in [0.25, 0.3) is 0 Å². The third kappa shape index (κ3) is 4.90. The van der Waals surface area contributed by atoms with E-state index in [1.807, 2.05) is 0 Å². The van der Waals surface area contributed by atoms with E-state index >= 15 is 0 Å². The van der Waals surface area contributed by atoms with E-state index in [0.29, 0.717) is 11.5 Å². The molecule has 1 aromatic rings. The first-order valence-corrected chi connectivity index (χ1v) is 6.35. The van der Waals surface area contributed by atoms with Gasteiger partial charge in [0.25, 0.3) is 0 Å². The lowest BCUT2D eigenvalue weighted by Crippen LogP contribution is -2.32. The van der Waals surface area contributed by atoms with E-state index in [1.165, 1.54) is 9.13 Å². The van der Waals surface area contributed by atoms with Crippen molar-refractivity contribution >= 4 is 39.8 Å². The molecule has 1 aromatic carbocycles. The van der Waals surface area contributed by atoms with Crippen LogP contribution in [0.2, 0.25) is 0 Å². The smallest absolute Gasteiger partial charge is 0.0870 e. The highest BCUT2D eigenvalue weighted by Crippen LogP contribution is 2.09. The highest BCUT2D eigenvalue weighted by Gasteiger charge is 2.04. The summed E-state index contributed by atoms with van der Waals surface area (Å²) < 4.78 is 1.26. The van der Waals surface area contributed by atoms with Crippen molar-refractivity contribution in [3.8, 4) is 0 Å². The summed E-state index contributed by atoms with van der Waals surface area (Å²) in [5.41, 5.74) is 6.83. The maximum absolute atomic E-state index is 5.54. The molecular weight excluding hydrogens is 319 g/mol. The topological polar surface area (TPSA) is 29.3 Å². The highest BCUT2D eigenvalue weighted by molar-refractivity contribution is 14.1. The van der Waals surface area contributed by atoms with Crippen molar-refractivity contribution in [1.29, 1.82) is 0 Å². The normalized spacial score (nSPS) is 10.6. The molecule has 0 atom stereocenters. The average molecular weight is 334 g/mol. The molecule has 0 heterocycles. The summed E-state index contributed by atoms with van der Waals surface area (Å²) in [7, 11) is 0. The molecule has 2 nitrogen and oxygen atoms in total. The molecule has 0 spiro atoms. The van der Waals surface area contributed by atoms with E-state index in [0.717, 1.165) is 13.1 Å². The molecule has 0 radical (unpaired) electrons. The largest absolute Gasteiger partial charge is 0.392 e. The molecule has 0 aliphatic rings. The second-order valence-electron chi connectivity index (χ2n) is 3.40. The van der Waals surface area contributed by atoms with E-state index in [9.17, 15) is 0 Å². The minimum absolute atomic E-state index is 0.558. The minimum atomic E-state index is 0.558. The summed E-state index contributed by atoms with van der Waals surface area (Å²) >= 11 is 7.21. The molecule has 82 valence electrons. The average Bonchev–Trinajstić information content (AvgIpc) is 2.19. The summed E-state index contributed by atoms with van der Waals surface area (Å²) in [4.78, 5) is 2.78. The molecule has 0 saturated heterocycles. The maximum atomic E-state index is 5.54. The number of halogens is 1. The number of hydrogen-bond acceptors (Lipinski definition) is 2. The SMILES string of the molecule is CCN(CC(N)=S)Cc1ccc(I)cc1. The van der Waals surface area contributed by atoms with Gasteiger partial charge in [-0.1, -0.05) is 31.3 Å². The zero-order chi connectivity index (χ0) is 11.3. The second kappa shape index (κ2) is 6.40. The number of likely N-dealkylation sites (N-methyl/N-ethyl adjacent to an activating group) is 1. The van der Waals surface area contributed by atoms with Gasteiger partial charge in [0.15, 0.2) is 0 Å². The second-order valence-corrected chi connectivity index (χ2v) is 5.17. The van der Waals surface area contributed by atoms with Gasteiger partial charge in [-0.15, -0.1) is 0 Å². The van der Waals surface area contributed by atoms with Crippen LogP contribution < -0.4 is 5.73 Å². The Bertz CT molecular complexity index is 324. The van der Waals surface area contributed by atoms with Gasteiger partial charge >= 0.3 is 0 Å². The van der Waals surface area contributed by atoms with Gasteiger partial charge in [-0.3, -0.25) is 4.90 Å². The number of thiocarbonyl (C=S) groups is 1. The minimum Gasteiger partial charge on any atom is -0.392 e. The van der Waals surface area contributed by atoms with E-state index in [-0.39, 0.29) is 0 Å². The lowest BCUT2D eigenvalue weighted by Gasteiger charge is -2.19. The number of hydrogen-bond donors (Lipinski definition) is 1. The van der Waals surface area contributed by atoms with Crippen molar-refractivity contribution in [3.63, 3.8) is 0 Å². The van der Waals surface area contributed by atoms with Crippen LogP contribution >= 0.6 is 34.8 Å². The zero-order valence-electron chi connectivity index (χ0n) is 8.74. The van der Waals surface area contributed by atoms with Crippen LogP contribution in [0.5, 0.6) is 0 Å². The Hall–Kier alpha value is -0.200. The summed E-state index contributed by atoms with van der Waals surface area (Å²) in [5.74, 6) is 0. The molecule has 0 aromatic heterocycles. The molecule has 0 bridgehead atoms. The van der Waals surface area contributed by atoms with Gasteiger partial charge in [-0.2, -0.15) is 0 Å². The Labute approximate surface area is 110 Å². The van der Waals surface area contributed by atoms with Gasteiger partial charge in [0, 0.05) is 16.7 Å². The molecule has 1 rings (SSSR count). The summed E-state index contributed by atoms with van der Waals surface area (Å²) in [6.07, 6.45) is 0. The Morgan fingerprint density at radius 2 is 2.00 bits per heavy atom. The van der Waals surface area contributed by atoms with Crippen LogP contribution in [0, 0.1) is 3.57 Å². The molecule has 0 fully saturated rings. The summed E-state index contributed by atoms with van der Waals surface area (Å²) in [6, 6.07) is 8.52. The van der Waals surface area contributed by atoms with Crippen molar-refractivity contribution in [1.82, 2.24) is 4.90 Å². The molecule has 2 N–H and O–H groups in total. The third-order valence-electron chi connectivity index (χ3n) is 2.15. The van der Waals surface area contributed by atoms with Crippen LogP contribution in [0.3, 0.4) is 0 Å². The van der Waals surface area contributed by atoms with Crippen LogP contribution in [-0.4, -0.2) is 23.0 Å². The standard InChI is InChI=1S/C11H15IN2S/c1-2-14(8-11(13)15)7-9-3-5-10(12)6-4-9/h3-6H,2,7-8H2,1H3,(H2,13,15). The van der Waals surface area contributed by atoms with Gasteiger partial charge in [0.2, 0.25) is 0 Å². The Morgan fingerprint density at radius 3 is 2.47 bits per heavy atom. The van der Waals surface area contributed by atoms with Gasteiger partial charge in [0.1, 0.15) is 0 Å². The Balaban J connectivity index is 2.58. The molecule has 0 unspecified atom stereocenters. The van der Waals surface area contributed by atoms with Crippen LogP contribution in [-0.2, 0) is 6.54 Å². The summed E-state index contributed by atoms with van der Waals surface area (Å²) in [6.45, 7) is 4.68. The lowest BCUT2D eigenvalue weighted by atomic mass is 10.2. The van der Waals surface area contributed by atoms with Gasteiger partial charge in [-0.25, -0.2) is 0 Å². The molecule has 0 aliphatic heterocycles. The number of benzene rings is 1. The van der Waals surface area contributed by atoms with Crippen molar-refractivity contribution in [3.05, 3.63) is 33.4 Å². The predicted molar refractivity (Wildman–Crippen MR) is 76.9 cm³/mol. The molecule has 15 heavy (non-hydrogen) atoms. The first kappa shape index (κ1) is 12.9. The fourth-order valence-corrected chi connectivity index (χ4v) is 1.89. The van der Waals surface area contributed by atoms with Gasteiger partial charge in [0.05, 0.1) is 4.99 Å². The van der Waals surface area contributed by atoms with Crippen LogP contribution in [0.15, 0.2) is 24.3 Å². The van der Waals surface area contributed by atoms with E-state index in [4.69, 9.17) is 18.0 Å². The molecule has 0 amide bonds. The predicted octanol–water partition coefficient (Wildman–Crippen LogP) is 2.40. The fraction of sp³-hybridized carbons (Fsp3) is 0.364. The Morgan fingerprint density at radius 1 is 1.40 bits per heavy atom. The maximum Gasteiger partial charge on any atom is 0.0870 e. The number of nitrogens with two attached hydrogens (primary N) is 1. The van der Waals surface area contributed by atoms with Gasteiger partial charge < -0.3 is 5.73 Å². The Kier molecular flexibility index (Phi) is 5.49. The molecule has 0 saturated carbocycles. The first-order valence-electron chi connectivity index (χ1n) is 4.87. The van der Waals surface area contributed by atoms with Crippen LogP contribution in [0.1, 0.15) is 12.5 Å². The molecule has 0 aliphatic carbocycles. The van der Waals surface area contributed by atoms with Crippen molar-refractivity contribution in [2.75, 3.05) is 13.1 Å². The van der Waals surface area contributed by atoms with Gasteiger partial charge in [-0.05, 0) is 46.8 Å². The highest BCUT2D eigenvalue weighted by atomic mass is 127. The van der Waals surface area contributed by atoms with Crippen molar-refractivity contribution < 1.29 is 0 Å².